The lowest BCUT2D eigenvalue weighted by Gasteiger charge is -2.22. The van der Waals surface area contributed by atoms with E-state index in [2.05, 4.69) is 30.6 Å². The second-order valence-corrected chi connectivity index (χ2v) is 9.01. The van der Waals surface area contributed by atoms with Gasteiger partial charge in [-0.25, -0.2) is 23.7 Å². The SMILES string of the molecule is Cc1cc(C(C)N)c2cc(-c3nc(Nc4ccc(C5CCNCC5)cn4)ncc3F)cc(F)c2n1. The van der Waals surface area contributed by atoms with Crippen molar-refractivity contribution < 1.29 is 8.78 Å². The van der Waals surface area contributed by atoms with Crippen LogP contribution in [0.3, 0.4) is 0 Å². The van der Waals surface area contributed by atoms with Crippen LogP contribution in [0.1, 0.15) is 48.5 Å². The molecule has 3 aromatic heterocycles. The molecule has 1 aliphatic rings. The van der Waals surface area contributed by atoms with E-state index in [4.69, 9.17) is 5.73 Å². The van der Waals surface area contributed by atoms with E-state index in [1.807, 2.05) is 31.3 Å². The van der Waals surface area contributed by atoms with Gasteiger partial charge in [-0.15, -0.1) is 0 Å². The van der Waals surface area contributed by atoms with Gasteiger partial charge in [-0.2, -0.15) is 0 Å². The number of piperidine rings is 1. The summed E-state index contributed by atoms with van der Waals surface area (Å²) in [6.07, 6.45) is 5.09. The number of pyridine rings is 2. The minimum absolute atomic E-state index is 0.0224. The van der Waals surface area contributed by atoms with Crippen LogP contribution in [0.5, 0.6) is 0 Å². The number of benzene rings is 1. The molecule has 0 radical (unpaired) electrons. The Morgan fingerprint density at radius 1 is 1.03 bits per heavy atom. The second kappa shape index (κ2) is 9.59. The molecule has 180 valence electrons. The van der Waals surface area contributed by atoms with Gasteiger partial charge >= 0.3 is 0 Å². The van der Waals surface area contributed by atoms with Crippen molar-refractivity contribution in [2.75, 3.05) is 18.4 Å². The molecule has 1 aliphatic heterocycles. The van der Waals surface area contributed by atoms with Gasteiger partial charge in [-0.1, -0.05) is 6.07 Å². The number of nitrogens with zero attached hydrogens (tertiary/aromatic N) is 4. The van der Waals surface area contributed by atoms with Crippen molar-refractivity contribution >= 4 is 22.7 Å². The van der Waals surface area contributed by atoms with Gasteiger partial charge in [-0.05, 0) is 81.1 Å². The Balaban J connectivity index is 1.46. The minimum Gasteiger partial charge on any atom is -0.324 e. The van der Waals surface area contributed by atoms with Gasteiger partial charge in [0.15, 0.2) is 5.82 Å². The standard InChI is InChI=1S/C26H27F2N7/c1-14-9-19(15(2)29)20-10-18(11-21(27)25(20)33-14)24-22(28)13-32-26(35-24)34-23-4-3-17(12-31-23)16-5-7-30-8-6-16/h3-4,9-13,15-16,30H,5-8,29H2,1-2H3,(H,31,32,34,35). The van der Waals surface area contributed by atoms with Crippen molar-refractivity contribution in [3.05, 3.63) is 71.2 Å². The molecule has 4 heterocycles. The van der Waals surface area contributed by atoms with Gasteiger partial charge in [0, 0.05) is 28.9 Å². The zero-order valence-corrected chi connectivity index (χ0v) is 19.6. The summed E-state index contributed by atoms with van der Waals surface area (Å²) >= 11 is 0. The van der Waals surface area contributed by atoms with Crippen LogP contribution in [0.2, 0.25) is 0 Å². The van der Waals surface area contributed by atoms with Gasteiger partial charge in [0.1, 0.15) is 22.8 Å². The highest BCUT2D eigenvalue weighted by Crippen LogP contribution is 2.32. The van der Waals surface area contributed by atoms with Crippen LogP contribution in [0.15, 0.2) is 42.7 Å². The summed E-state index contributed by atoms with van der Waals surface area (Å²) in [5, 5.41) is 6.92. The summed E-state index contributed by atoms with van der Waals surface area (Å²) < 4.78 is 29.8. The molecule has 4 N–H and O–H groups in total. The Hall–Kier alpha value is -3.56. The lowest BCUT2D eigenvalue weighted by atomic mass is 9.91. The topological polar surface area (TPSA) is 102 Å². The highest BCUT2D eigenvalue weighted by molar-refractivity contribution is 5.88. The number of hydrogen-bond donors (Lipinski definition) is 3. The summed E-state index contributed by atoms with van der Waals surface area (Å²) in [6.45, 7) is 5.62. The van der Waals surface area contributed by atoms with Gasteiger partial charge < -0.3 is 16.4 Å². The number of nitrogens with two attached hydrogens (primary N) is 1. The number of rotatable bonds is 5. The maximum atomic E-state index is 15.0. The first-order valence-electron chi connectivity index (χ1n) is 11.7. The molecule has 1 saturated heterocycles. The first-order chi connectivity index (χ1) is 16.9. The van der Waals surface area contributed by atoms with Gasteiger partial charge in [-0.3, -0.25) is 4.98 Å². The maximum absolute atomic E-state index is 15.0. The van der Waals surface area contributed by atoms with Crippen molar-refractivity contribution in [3.63, 3.8) is 0 Å². The average Bonchev–Trinajstić information content (AvgIpc) is 2.86. The predicted octanol–water partition coefficient (Wildman–Crippen LogP) is 4.90. The largest absolute Gasteiger partial charge is 0.324 e. The van der Waals surface area contributed by atoms with E-state index in [0.29, 0.717) is 22.8 Å². The van der Waals surface area contributed by atoms with Crippen LogP contribution < -0.4 is 16.4 Å². The molecule has 1 atom stereocenters. The Kier molecular flexibility index (Phi) is 6.36. The molecule has 0 saturated carbocycles. The van der Waals surface area contributed by atoms with Gasteiger partial charge in [0.05, 0.1) is 6.20 Å². The van der Waals surface area contributed by atoms with E-state index >= 15 is 4.39 Å². The molecular weight excluding hydrogens is 448 g/mol. The zero-order valence-electron chi connectivity index (χ0n) is 19.6. The molecule has 1 aromatic carbocycles. The normalized spacial score (nSPS) is 15.3. The molecule has 9 heteroatoms. The Morgan fingerprint density at radius 3 is 2.54 bits per heavy atom. The molecule has 0 aliphatic carbocycles. The molecule has 4 aromatic rings. The average molecular weight is 476 g/mol. The summed E-state index contributed by atoms with van der Waals surface area (Å²) in [5.74, 6) is -0.0206. The summed E-state index contributed by atoms with van der Waals surface area (Å²) in [6, 6.07) is 8.28. The fourth-order valence-corrected chi connectivity index (χ4v) is 4.58. The van der Waals surface area contributed by atoms with Crippen molar-refractivity contribution in [1.82, 2.24) is 25.3 Å². The van der Waals surface area contributed by atoms with Crippen molar-refractivity contribution in [3.8, 4) is 11.3 Å². The highest BCUT2D eigenvalue weighted by Gasteiger charge is 2.18. The van der Waals surface area contributed by atoms with Crippen LogP contribution in [-0.4, -0.2) is 33.0 Å². The van der Waals surface area contributed by atoms with Crippen LogP contribution in [0.4, 0.5) is 20.5 Å². The zero-order chi connectivity index (χ0) is 24.5. The van der Waals surface area contributed by atoms with E-state index in [1.54, 1.807) is 13.0 Å². The molecule has 0 spiro atoms. The van der Waals surface area contributed by atoms with Gasteiger partial charge in [0.25, 0.3) is 0 Å². The Labute approximate surface area is 202 Å². The maximum Gasteiger partial charge on any atom is 0.229 e. The number of aromatic nitrogens is 4. The number of nitrogens with one attached hydrogen (secondary N) is 2. The first kappa shape index (κ1) is 23.2. The molecule has 1 unspecified atom stereocenters. The lowest BCUT2D eigenvalue weighted by molar-refractivity contribution is 0.459. The molecule has 7 nitrogen and oxygen atoms in total. The van der Waals surface area contributed by atoms with E-state index in [9.17, 15) is 4.39 Å². The van der Waals surface area contributed by atoms with Crippen molar-refractivity contribution in [2.45, 2.75) is 38.6 Å². The van der Waals surface area contributed by atoms with E-state index in [0.717, 1.165) is 37.7 Å². The summed E-state index contributed by atoms with van der Waals surface area (Å²) in [7, 11) is 0. The van der Waals surface area contributed by atoms with Crippen molar-refractivity contribution in [2.24, 2.45) is 5.73 Å². The highest BCUT2D eigenvalue weighted by atomic mass is 19.1. The van der Waals surface area contributed by atoms with Crippen LogP contribution in [0, 0.1) is 18.6 Å². The number of halogens is 2. The third-order valence-electron chi connectivity index (χ3n) is 6.37. The van der Waals surface area contributed by atoms with Crippen LogP contribution >= 0.6 is 0 Å². The molecule has 35 heavy (non-hydrogen) atoms. The summed E-state index contributed by atoms with van der Waals surface area (Å²) in [5.41, 5.74) is 9.16. The molecule has 1 fully saturated rings. The quantitative estimate of drug-likeness (QED) is 0.377. The monoisotopic (exact) mass is 475 g/mol. The molecule has 0 bridgehead atoms. The molecule has 5 rings (SSSR count). The molecular formula is C26H27F2N7. The minimum atomic E-state index is -0.661. The predicted molar refractivity (Wildman–Crippen MR) is 132 cm³/mol. The van der Waals surface area contributed by atoms with Crippen LogP contribution in [-0.2, 0) is 0 Å². The van der Waals surface area contributed by atoms with E-state index in [1.165, 1.54) is 11.6 Å². The van der Waals surface area contributed by atoms with Crippen LogP contribution in [0.25, 0.3) is 22.2 Å². The molecule has 0 amide bonds. The Morgan fingerprint density at radius 2 is 1.83 bits per heavy atom. The lowest BCUT2D eigenvalue weighted by Crippen LogP contribution is -2.26. The summed E-state index contributed by atoms with van der Waals surface area (Å²) in [4.78, 5) is 17.2. The smallest absolute Gasteiger partial charge is 0.229 e. The Bertz CT molecular complexity index is 1370. The fraction of sp³-hybridized carbons (Fsp3) is 0.308. The third kappa shape index (κ3) is 4.82. The third-order valence-corrected chi connectivity index (χ3v) is 6.37. The fourth-order valence-electron chi connectivity index (χ4n) is 4.58. The first-order valence-corrected chi connectivity index (χ1v) is 11.7. The van der Waals surface area contributed by atoms with Gasteiger partial charge in [0.2, 0.25) is 5.95 Å². The number of fused-ring (bicyclic) bond motifs is 1. The van der Waals surface area contributed by atoms with E-state index in [-0.39, 0.29) is 28.8 Å². The number of hydrogen-bond acceptors (Lipinski definition) is 7. The number of anilines is 2. The van der Waals surface area contributed by atoms with E-state index < -0.39 is 11.6 Å². The number of aryl methyl sites for hydroxylation is 1. The van der Waals surface area contributed by atoms with Crippen molar-refractivity contribution in [1.29, 1.82) is 0 Å². The second-order valence-electron chi connectivity index (χ2n) is 9.01.